The minimum Gasteiger partial charge on any atom is -0.393 e. The standard InChI is InChI=1S/C9H18O2/c1-3-5-6-9(11)7-8(10)4-2/h9,11H,3-7H2,1-2H3. The molecule has 1 unspecified atom stereocenters. The number of ketones is 1. The molecule has 0 aliphatic rings. The monoisotopic (exact) mass is 158 g/mol. The van der Waals surface area contributed by atoms with E-state index in [0.29, 0.717) is 12.8 Å². The van der Waals surface area contributed by atoms with Crippen molar-refractivity contribution in [2.45, 2.75) is 52.1 Å². The molecule has 0 aliphatic carbocycles. The highest BCUT2D eigenvalue weighted by molar-refractivity contribution is 5.78. The molecule has 0 fully saturated rings. The lowest BCUT2D eigenvalue weighted by Gasteiger charge is -2.06. The van der Waals surface area contributed by atoms with E-state index in [0.717, 1.165) is 19.3 Å². The molecule has 1 N–H and O–H groups in total. The molecule has 2 nitrogen and oxygen atoms in total. The fraction of sp³-hybridized carbons (Fsp3) is 0.889. The van der Waals surface area contributed by atoms with Crippen molar-refractivity contribution in [2.75, 3.05) is 0 Å². The van der Waals surface area contributed by atoms with Crippen LogP contribution in [0.3, 0.4) is 0 Å². The number of aliphatic hydroxyl groups is 1. The van der Waals surface area contributed by atoms with E-state index >= 15 is 0 Å². The van der Waals surface area contributed by atoms with Gasteiger partial charge < -0.3 is 5.11 Å². The molecule has 0 aromatic heterocycles. The number of rotatable bonds is 6. The maximum atomic E-state index is 10.8. The topological polar surface area (TPSA) is 37.3 Å². The van der Waals surface area contributed by atoms with Crippen LogP contribution in [0.1, 0.15) is 46.0 Å². The summed E-state index contributed by atoms with van der Waals surface area (Å²) in [7, 11) is 0. The van der Waals surface area contributed by atoms with Crippen molar-refractivity contribution < 1.29 is 9.90 Å². The van der Waals surface area contributed by atoms with Gasteiger partial charge in [0.2, 0.25) is 0 Å². The normalized spacial score (nSPS) is 13.0. The van der Waals surface area contributed by atoms with Crippen molar-refractivity contribution in [1.29, 1.82) is 0 Å². The number of hydrogen-bond donors (Lipinski definition) is 1. The van der Waals surface area contributed by atoms with Gasteiger partial charge in [-0.05, 0) is 6.42 Å². The maximum Gasteiger partial charge on any atom is 0.135 e. The Morgan fingerprint density at radius 1 is 1.45 bits per heavy atom. The molecule has 0 aromatic rings. The Morgan fingerprint density at radius 2 is 2.09 bits per heavy atom. The number of carbonyl (C=O) groups excluding carboxylic acids is 1. The van der Waals surface area contributed by atoms with E-state index in [1.165, 1.54) is 0 Å². The molecule has 1 atom stereocenters. The van der Waals surface area contributed by atoms with Crippen LogP contribution in [0.4, 0.5) is 0 Å². The van der Waals surface area contributed by atoms with Gasteiger partial charge in [-0.2, -0.15) is 0 Å². The summed E-state index contributed by atoms with van der Waals surface area (Å²) in [5, 5.41) is 9.26. The van der Waals surface area contributed by atoms with Crippen LogP contribution in [0.2, 0.25) is 0 Å². The molecule has 66 valence electrons. The molecule has 0 spiro atoms. The summed E-state index contributed by atoms with van der Waals surface area (Å²) in [4.78, 5) is 10.8. The molecule has 0 bridgehead atoms. The summed E-state index contributed by atoms with van der Waals surface area (Å²) >= 11 is 0. The van der Waals surface area contributed by atoms with E-state index in [9.17, 15) is 9.90 Å². The third kappa shape index (κ3) is 6.05. The zero-order valence-electron chi connectivity index (χ0n) is 7.47. The molecule has 0 saturated carbocycles. The first kappa shape index (κ1) is 10.6. The van der Waals surface area contributed by atoms with Crippen LogP contribution in [0, 0.1) is 0 Å². The highest BCUT2D eigenvalue weighted by Gasteiger charge is 2.07. The fourth-order valence-corrected chi connectivity index (χ4v) is 0.949. The average molecular weight is 158 g/mol. The minimum atomic E-state index is -0.401. The van der Waals surface area contributed by atoms with Crippen LogP contribution in [0.15, 0.2) is 0 Å². The smallest absolute Gasteiger partial charge is 0.135 e. The molecule has 11 heavy (non-hydrogen) atoms. The van der Waals surface area contributed by atoms with Crippen molar-refractivity contribution in [3.63, 3.8) is 0 Å². The number of aliphatic hydroxyl groups excluding tert-OH is 1. The number of Topliss-reactive ketones (excluding diaryl/α,β-unsaturated/α-hetero) is 1. The van der Waals surface area contributed by atoms with Gasteiger partial charge in [-0.15, -0.1) is 0 Å². The number of hydrogen-bond acceptors (Lipinski definition) is 2. The summed E-state index contributed by atoms with van der Waals surface area (Å²) in [6, 6.07) is 0. The van der Waals surface area contributed by atoms with Gasteiger partial charge in [-0.25, -0.2) is 0 Å². The van der Waals surface area contributed by atoms with Crippen molar-refractivity contribution in [1.82, 2.24) is 0 Å². The van der Waals surface area contributed by atoms with Gasteiger partial charge in [-0.3, -0.25) is 4.79 Å². The van der Waals surface area contributed by atoms with Crippen LogP contribution in [-0.4, -0.2) is 17.0 Å². The first-order valence-corrected chi connectivity index (χ1v) is 4.40. The lowest BCUT2D eigenvalue weighted by atomic mass is 10.1. The van der Waals surface area contributed by atoms with Gasteiger partial charge in [0.15, 0.2) is 0 Å². The molecule has 0 amide bonds. The first-order chi connectivity index (χ1) is 5.20. The molecule has 0 aromatic carbocycles. The fourth-order valence-electron chi connectivity index (χ4n) is 0.949. The largest absolute Gasteiger partial charge is 0.393 e. The molecular formula is C9H18O2. The van der Waals surface area contributed by atoms with Crippen molar-refractivity contribution >= 4 is 5.78 Å². The molecular weight excluding hydrogens is 140 g/mol. The summed E-state index contributed by atoms with van der Waals surface area (Å²) in [6.07, 6.45) is 3.35. The summed E-state index contributed by atoms with van der Waals surface area (Å²) < 4.78 is 0. The number of unbranched alkanes of at least 4 members (excludes halogenated alkanes) is 1. The van der Waals surface area contributed by atoms with E-state index in [-0.39, 0.29) is 5.78 Å². The van der Waals surface area contributed by atoms with Crippen LogP contribution in [0.25, 0.3) is 0 Å². The zero-order chi connectivity index (χ0) is 8.69. The molecule has 0 aliphatic heterocycles. The number of carbonyl (C=O) groups is 1. The van der Waals surface area contributed by atoms with E-state index in [2.05, 4.69) is 6.92 Å². The Labute approximate surface area is 68.6 Å². The van der Waals surface area contributed by atoms with E-state index in [4.69, 9.17) is 0 Å². The van der Waals surface area contributed by atoms with E-state index in [1.54, 1.807) is 0 Å². The molecule has 0 rings (SSSR count). The van der Waals surface area contributed by atoms with E-state index < -0.39 is 6.10 Å². The predicted octanol–water partition coefficient (Wildman–Crippen LogP) is 1.91. The second-order valence-electron chi connectivity index (χ2n) is 2.89. The summed E-state index contributed by atoms with van der Waals surface area (Å²) in [6.45, 7) is 3.91. The molecule has 2 heteroatoms. The second kappa shape index (κ2) is 6.35. The van der Waals surface area contributed by atoms with Crippen LogP contribution in [-0.2, 0) is 4.79 Å². The van der Waals surface area contributed by atoms with Crippen molar-refractivity contribution in [2.24, 2.45) is 0 Å². The summed E-state index contributed by atoms with van der Waals surface area (Å²) in [5.41, 5.74) is 0. The minimum absolute atomic E-state index is 0.161. The SMILES string of the molecule is CCCCC(O)CC(=O)CC. The lowest BCUT2D eigenvalue weighted by molar-refractivity contribution is -0.120. The third-order valence-corrected chi connectivity index (χ3v) is 1.75. The Morgan fingerprint density at radius 3 is 2.55 bits per heavy atom. The van der Waals surface area contributed by atoms with E-state index in [1.807, 2.05) is 6.92 Å². The van der Waals surface area contributed by atoms with Crippen LogP contribution < -0.4 is 0 Å². The Hall–Kier alpha value is -0.370. The van der Waals surface area contributed by atoms with Gasteiger partial charge in [0.05, 0.1) is 6.10 Å². The van der Waals surface area contributed by atoms with Crippen LogP contribution in [0.5, 0.6) is 0 Å². The van der Waals surface area contributed by atoms with Gasteiger partial charge in [0, 0.05) is 12.8 Å². The Bertz CT molecular complexity index is 110. The van der Waals surface area contributed by atoms with Gasteiger partial charge in [0.1, 0.15) is 5.78 Å². The highest BCUT2D eigenvalue weighted by Crippen LogP contribution is 2.05. The predicted molar refractivity (Wildman–Crippen MR) is 45.4 cm³/mol. The first-order valence-electron chi connectivity index (χ1n) is 4.40. The highest BCUT2D eigenvalue weighted by atomic mass is 16.3. The molecule has 0 heterocycles. The molecule has 0 radical (unpaired) electrons. The molecule has 0 saturated heterocycles. The summed E-state index contributed by atoms with van der Waals surface area (Å²) in [5.74, 6) is 0.161. The zero-order valence-corrected chi connectivity index (χ0v) is 7.47. The third-order valence-electron chi connectivity index (χ3n) is 1.75. The van der Waals surface area contributed by atoms with Crippen molar-refractivity contribution in [3.8, 4) is 0 Å². The van der Waals surface area contributed by atoms with Crippen LogP contribution >= 0.6 is 0 Å². The second-order valence-corrected chi connectivity index (χ2v) is 2.89. The quantitative estimate of drug-likeness (QED) is 0.641. The lowest BCUT2D eigenvalue weighted by Crippen LogP contribution is -2.12. The average Bonchev–Trinajstić information content (AvgIpc) is 2.00. The Balaban J connectivity index is 3.35. The Kier molecular flexibility index (Phi) is 6.13. The van der Waals surface area contributed by atoms with Crippen molar-refractivity contribution in [3.05, 3.63) is 0 Å². The maximum absolute atomic E-state index is 10.8. The van der Waals surface area contributed by atoms with Gasteiger partial charge >= 0.3 is 0 Å². The van der Waals surface area contributed by atoms with Gasteiger partial charge in [0.25, 0.3) is 0 Å². The van der Waals surface area contributed by atoms with Gasteiger partial charge in [-0.1, -0.05) is 26.7 Å².